The van der Waals surface area contributed by atoms with Crippen LogP contribution in [0.25, 0.3) is 11.5 Å². The monoisotopic (exact) mass is 248 g/mol. The molecule has 1 aromatic carbocycles. The van der Waals surface area contributed by atoms with E-state index in [1.165, 1.54) is 6.07 Å². The second-order valence-electron chi connectivity index (χ2n) is 3.80. The number of nitro groups is 1. The van der Waals surface area contributed by atoms with E-state index in [2.05, 4.69) is 10.2 Å². The number of aromatic nitrogens is 2. The molecule has 1 aromatic heterocycles. The molecule has 0 aliphatic carbocycles. The van der Waals surface area contributed by atoms with Crippen molar-refractivity contribution in [2.75, 3.05) is 6.54 Å². The average Bonchev–Trinajstić information content (AvgIpc) is 2.77. The van der Waals surface area contributed by atoms with E-state index in [1.807, 2.05) is 0 Å². The van der Waals surface area contributed by atoms with Gasteiger partial charge in [-0.25, -0.2) is 0 Å². The Balaban J connectivity index is 2.33. The zero-order chi connectivity index (χ0) is 13.1. The molecule has 1 heterocycles. The number of benzene rings is 1. The molecule has 2 rings (SSSR count). The summed E-state index contributed by atoms with van der Waals surface area (Å²) < 4.78 is 5.39. The van der Waals surface area contributed by atoms with Crippen molar-refractivity contribution >= 4 is 5.69 Å². The van der Waals surface area contributed by atoms with Crippen LogP contribution in [-0.2, 0) is 6.42 Å². The Labute approximate surface area is 103 Å². The first kappa shape index (κ1) is 12.2. The van der Waals surface area contributed by atoms with Crippen LogP contribution in [0, 0.1) is 17.0 Å². The van der Waals surface area contributed by atoms with E-state index in [9.17, 15) is 10.1 Å². The Kier molecular flexibility index (Phi) is 3.33. The molecule has 2 aromatic rings. The highest BCUT2D eigenvalue weighted by molar-refractivity contribution is 5.58. The minimum Gasteiger partial charge on any atom is -0.421 e. The SMILES string of the molecule is Cc1cc(-c2nnc(CCN)o2)ccc1[N+](=O)[O-]. The lowest BCUT2D eigenvalue weighted by Crippen LogP contribution is -2.02. The van der Waals surface area contributed by atoms with Crippen LogP contribution in [0.2, 0.25) is 0 Å². The van der Waals surface area contributed by atoms with E-state index >= 15 is 0 Å². The molecule has 0 aliphatic rings. The van der Waals surface area contributed by atoms with Crippen LogP contribution in [0.5, 0.6) is 0 Å². The molecule has 7 heteroatoms. The molecule has 0 radical (unpaired) electrons. The van der Waals surface area contributed by atoms with Crippen LogP contribution in [0.3, 0.4) is 0 Å². The molecule has 0 saturated heterocycles. The lowest BCUT2D eigenvalue weighted by Gasteiger charge is -1.99. The largest absolute Gasteiger partial charge is 0.421 e. The topological polar surface area (TPSA) is 108 Å². The molecule has 0 fully saturated rings. The summed E-state index contributed by atoms with van der Waals surface area (Å²) in [4.78, 5) is 10.3. The van der Waals surface area contributed by atoms with Crippen LogP contribution in [0.1, 0.15) is 11.5 Å². The van der Waals surface area contributed by atoms with Gasteiger partial charge in [0.05, 0.1) is 4.92 Å². The normalized spacial score (nSPS) is 10.6. The number of rotatable bonds is 4. The molecule has 0 spiro atoms. The van der Waals surface area contributed by atoms with Crippen molar-refractivity contribution in [1.29, 1.82) is 0 Å². The molecule has 7 nitrogen and oxygen atoms in total. The molecule has 94 valence electrons. The summed E-state index contributed by atoms with van der Waals surface area (Å²) in [6, 6.07) is 4.67. The van der Waals surface area contributed by atoms with E-state index in [-0.39, 0.29) is 5.69 Å². The van der Waals surface area contributed by atoms with E-state index < -0.39 is 4.92 Å². The van der Waals surface area contributed by atoms with E-state index in [1.54, 1.807) is 19.1 Å². The summed E-state index contributed by atoms with van der Waals surface area (Å²) in [6.07, 6.45) is 0.513. The maximum Gasteiger partial charge on any atom is 0.272 e. The fraction of sp³-hybridized carbons (Fsp3) is 0.273. The van der Waals surface area contributed by atoms with Gasteiger partial charge in [0.15, 0.2) is 0 Å². The number of aryl methyl sites for hydroxylation is 1. The Morgan fingerprint density at radius 2 is 2.22 bits per heavy atom. The third kappa shape index (κ3) is 2.35. The minimum atomic E-state index is -0.424. The lowest BCUT2D eigenvalue weighted by molar-refractivity contribution is -0.385. The lowest BCUT2D eigenvalue weighted by atomic mass is 10.1. The van der Waals surface area contributed by atoms with Crippen molar-refractivity contribution in [3.05, 3.63) is 39.8 Å². The van der Waals surface area contributed by atoms with Gasteiger partial charge in [-0.15, -0.1) is 10.2 Å². The maximum absolute atomic E-state index is 10.7. The molecule has 0 amide bonds. The summed E-state index contributed by atoms with van der Waals surface area (Å²) in [5, 5.41) is 18.4. The molecule has 0 atom stereocenters. The van der Waals surface area contributed by atoms with Crippen LogP contribution in [0.15, 0.2) is 22.6 Å². The summed E-state index contributed by atoms with van der Waals surface area (Å²) in [6.45, 7) is 2.10. The van der Waals surface area contributed by atoms with Gasteiger partial charge in [-0.2, -0.15) is 0 Å². The summed E-state index contributed by atoms with van der Waals surface area (Å²) in [5.74, 6) is 0.806. The van der Waals surface area contributed by atoms with Gasteiger partial charge < -0.3 is 10.2 Å². The predicted octanol–water partition coefficient (Wildman–Crippen LogP) is 1.45. The van der Waals surface area contributed by atoms with Crippen molar-refractivity contribution in [3.63, 3.8) is 0 Å². The Bertz CT molecular complexity index is 579. The third-order valence-corrected chi connectivity index (χ3v) is 2.47. The molecule has 0 saturated carbocycles. The second kappa shape index (κ2) is 4.92. The molecule has 0 unspecified atom stereocenters. The van der Waals surface area contributed by atoms with Gasteiger partial charge in [-0.3, -0.25) is 10.1 Å². The van der Waals surface area contributed by atoms with E-state index in [0.29, 0.717) is 35.9 Å². The fourth-order valence-corrected chi connectivity index (χ4v) is 1.59. The highest BCUT2D eigenvalue weighted by Gasteiger charge is 2.14. The first-order valence-electron chi connectivity index (χ1n) is 5.39. The number of nitrogens with zero attached hydrogens (tertiary/aromatic N) is 3. The number of nitro benzene ring substituents is 1. The van der Waals surface area contributed by atoms with Crippen molar-refractivity contribution in [2.45, 2.75) is 13.3 Å². The highest BCUT2D eigenvalue weighted by Crippen LogP contribution is 2.25. The minimum absolute atomic E-state index is 0.0699. The van der Waals surface area contributed by atoms with Gasteiger partial charge in [-0.1, -0.05) is 0 Å². The van der Waals surface area contributed by atoms with Gasteiger partial charge in [-0.05, 0) is 19.1 Å². The molecular formula is C11H12N4O3. The first-order chi connectivity index (χ1) is 8.61. The van der Waals surface area contributed by atoms with Crippen LogP contribution in [-0.4, -0.2) is 21.7 Å². The van der Waals surface area contributed by atoms with Crippen molar-refractivity contribution < 1.29 is 9.34 Å². The smallest absolute Gasteiger partial charge is 0.272 e. The number of hydrogen-bond donors (Lipinski definition) is 1. The van der Waals surface area contributed by atoms with Crippen molar-refractivity contribution in [1.82, 2.24) is 10.2 Å². The first-order valence-corrected chi connectivity index (χ1v) is 5.39. The number of nitrogens with two attached hydrogens (primary N) is 1. The summed E-state index contributed by atoms with van der Waals surface area (Å²) in [5.41, 5.74) is 6.67. The quantitative estimate of drug-likeness (QED) is 0.648. The Hall–Kier alpha value is -2.28. The zero-order valence-electron chi connectivity index (χ0n) is 9.79. The van der Waals surface area contributed by atoms with Gasteiger partial charge >= 0.3 is 0 Å². The zero-order valence-corrected chi connectivity index (χ0v) is 9.79. The van der Waals surface area contributed by atoms with E-state index in [4.69, 9.17) is 10.2 Å². The van der Waals surface area contributed by atoms with Gasteiger partial charge in [0.1, 0.15) is 0 Å². The van der Waals surface area contributed by atoms with Crippen LogP contribution in [0.4, 0.5) is 5.69 Å². The van der Waals surface area contributed by atoms with Crippen molar-refractivity contribution in [3.8, 4) is 11.5 Å². The molecule has 2 N–H and O–H groups in total. The average molecular weight is 248 g/mol. The maximum atomic E-state index is 10.7. The Morgan fingerprint density at radius 3 is 2.83 bits per heavy atom. The fourth-order valence-electron chi connectivity index (χ4n) is 1.59. The Morgan fingerprint density at radius 1 is 1.44 bits per heavy atom. The van der Waals surface area contributed by atoms with Crippen LogP contribution >= 0.6 is 0 Å². The second-order valence-corrected chi connectivity index (χ2v) is 3.80. The van der Waals surface area contributed by atoms with Gasteiger partial charge in [0.25, 0.3) is 5.69 Å². The summed E-state index contributed by atoms with van der Waals surface area (Å²) >= 11 is 0. The third-order valence-electron chi connectivity index (χ3n) is 2.47. The molecule has 0 bridgehead atoms. The number of hydrogen-bond acceptors (Lipinski definition) is 6. The van der Waals surface area contributed by atoms with E-state index in [0.717, 1.165) is 0 Å². The van der Waals surface area contributed by atoms with Crippen LogP contribution < -0.4 is 5.73 Å². The standard InChI is InChI=1S/C11H12N4O3/c1-7-6-8(2-3-9(7)15(16)17)11-14-13-10(18-11)4-5-12/h2-3,6H,4-5,12H2,1H3. The van der Waals surface area contributed by atoms with Crippen molar-refractivity contribution in [2.24, 2.45) is 5.73 Å². The van der Waals surface area contributed by atoms with Gasteiger partial charge in [0, 0.05) is 30.2 Å². The molecule has 18 heavy (non-hydrogen) atoms. The molecule has 0 aliphatic heterocycles. The van der Waals surface area contributed by atoms with Gasteiger partial charge in [0.2, 0.25) is 11.8 Å². The molecular weight excluding hydrogens is 236 g/mol. The summed E-state index contributed by atoms with van der Waals surface area (Å²) in [7, 11) is 0. The highest BCUT2D eigenvalue weighted by atomic mass is 16.6. The predicted molar refractivity (Wildman–Crippen MR) is 63.9 cm³/mol.